The summed E-state index contributed by atoms with van der Waals surface area (Å²) < 4.78 is 2.23. The molecule has 3 atom stereocenters. The van der Waals surface area contributed by atoms with Crippen LogP contribution < -0.4 is 10.9 Å². The number of fused-ring (bicyclic) bond motifs is 1. The van der Waals surface area contributed by atoms with E-state index in [9.17, 15) is 4.79 Å². The number of nitrogens with zero attached hydrogens (tertiary/aromatic N) is 3. The van der Waals surface area contributed by atoms with Gasteiger partial charge in [0.25, 0.3) is 0 Å². The second-order valence-electron chi connectivity index (χ2n) is 7.78. The number of aryl methyl sites for hydroxylation is 1. The topological polar surface area (TPSA) is 62.2 Å². The van der Waals surface area contributed by atoms with Gasteiger partial charge >= 0.3 is 0 Å². The van der Waals surface area contributed by atoms with E-state index in [1.165, 1.54) is 5.56 Å². The first-order valence-corrected chi connectivity index (χ1v) is 9.99. The van der Waals surface area contributed by atoms with E-state index >= 15 is 0 Å². The second kappa shape index (κ2) is 7.04. The first kappa shape index (κ1) is 17.4. The van der Waals surface area contributed by atoms with Crippen LogP contribution in [0.2, 0.25) is 0 Å². The van der Waals surface area contributed by atoms with E-state index in [0.717, 1.165) is 42.8 Å². The molecule has 2 N–H and O–H groups in total. The number of likely N-dealkylation sites (tertiary alicyclic amines) is 1. The smallest absolute Gasteiger partial charge is 0.241 e. The monoisotopic (exact) mass is 375 g/mol. The normalized spacial score (nSPS) is 24.5. The van der Waals surface area contributed by atoms with Crippen LogP contribution >= 0.6 is 0 Å². The van der Waals surface area contributed by atoms with Crippen molar-refractivity contribution in [3.63, 3.8) is 0 Å². The van der Waals surface area contributed by atoms with Crippen LogP contribution in [0.25, 0.3) is 11.0 Å². The lowest BCUT2D eigenvalue weighted by Gasteiger charge is -2.42. The Morgan fingerprint density at radius 1 is 1.11 bits per heavy atom. The Morgan fingerprint density at radius 2 is 1.89 bits per heavy atom. The zero-order valence-electron chi connectivity index (χ0n) is 16.0. The minimum absolute atomic E-state index is 0.174. The van der Waals surface area contributed by atoms with Crippen molar-refractivity contribution in [2.45, 2.75) is 44.4 Å². The number of hydrazine groups is 1. The van der Waals surface area contributed by atoms with Gasteiger partial charge in [-0.15, -0.1) is 0 Å². The molecular weight excluding hydrogens is 350 g/mol. The molecule has 3 heterocycles. The van der Waals surface area contributed by atoms with E-state index in [2.05, 4.69) is 38.6 Å². The molecule has 2 aliphatic rings. The highest BCUT2D eigenvalue weighted by atomic mass is 16.2. The molecule has 1 aromatic heterocycles. The zero-order chi connectivity index (χ0) is 19.1. The van der Waals surface area contributed by atoms with Crippen molar-refractivity contribution in [2.75, 3.05) is 6.54 Å². The summed E-state index contributed by atoms with van der Waals surface area (Å²) in [6, 6.07) is 18.8. The van der Waals surface area contributed by atoms with Gasteiger partial charge in [0.1, 0.15) is 11.9 Å². The number of carbonyl (C=O) groups is 1. The van der Waals surface area contributed by atoms with Crippen LogP contribution in [0.4, 0.5) is 0 Å². The first-order chi connectivity index (χ1) is 13.7. The summed E-state index contributed by atoms with van der Waals surface area (Å²) in [5.41, 5.74) is 9.95. The van der Waals surface area contributed by atoms with Gasteiger partial charge in [0.2, 0.25) is 5.91 Å². The summed E-state index contributed by atoms with van der Waals surface area (Å²) in [6.07, 6.45) is 1.82. The van der Waals surface area contributed by atoms with Gasteiger partial charge < -0.3 is 9.47 Å². The average Bonchev–Trinajstić information content (AvgIpc) is 3.27. The third-order valence-corrected chi connectivity index (χ3v) is 6.02. The number of nitrogens with one attached hydrogen (secondary N) is 2. The number of benzene rings is 2. The van der Waals surface area contributed by atoms with Crippen LogP contribution in [0.1, 0.15) is 30.3 Å². The van der Waals surface area contributed by atoms with E-state index in [1.54, 1.807) is 0 Å². The molecule has 0 saturated carbocycles. The molecule has 2 aliphatic heterocycles. The van der Waals surface area contributed by atoms with E-state index in [-0.39, 0.29) is 24.0 Å². The van der Waals surface area contributed by atoms with Crippen molar-refractivity contribution in [1.82, 2.24) is 25.3 Å². The van der Waals surface area contributed by atoms with Crippen molar-refractivity contribution in [3.05, 3.63) is 66.0 Å². The van der Waals surface area contributed by atoms with Crippen molar-refractivity contribution >= 4 is 16.9 Å². The number of hydrogen-bond acceptors (Lipinski definition) is 4. The molecule has 5 rings (SSSR count). The Labute approximate surface area is 164 Å². The number of amides is 1. The highest BCUT2D eigenvalue weighted by molar-refractivity contribution is 5.83. The Morgan fingerprint density at radius 3 is 2.68 bits per heavy atom. The van der Waals surface area contributed by atoms with Gasteiger partial charge in [0, 0.05) is 19.1 Å². The van der Waals surface area contributed by atoms with Crippen molar-refractivity contribution in [1.29, 1.82) is 0 Å². The predicted molar refractivity (Wildman–Crippen MR) is 108 cm³/mol. The molecule has 2 fully saturated rings. The fraction of sp³-hybridized carbons (Fsp3) is 0.364. The molecule has 0 bridgehead atoms. The maximum absolute atomic E-state index is 13.0. The number of aromatic nitrogens is 2. The molecule has 3 unspecified atom stereocenters. The van der Waals surface area contributed by atoms with Gasteiger partial charge in [-0.1, -0.05) is 42.5 Å². The maximum Gasteiger partial charge on any atom is 0.241 e. The highest BCUT2D eigenvalue weighted by Gasteiger charge is 2.39. The molecule has 6 nitrogen and oxygen atoms in total. The number of rotatable bonds is 4. The fourth-order valence-electron chi connectivity index (χ4n) is 4.42. The van der Waals surface area contributed by atoms with Gasteiger partial charge in [-0.05, 0) is 37.5 Å². The summed E-state index contributed by atoms with van der Waals surface area (Å²) in [4.78, 5) is 19.7. The van der Waals surface area contributed by atoms with Crippen LogP contribution in [-0.2, 0) is 11.3 Å². The SMILES string of the molecule is Cc1nc2ccccc2n1CC1CC(C(=O)N2CCC2c2ccccc2)NN1. The summed E-state index contributed by atoms with van der Waals surface area (Å²) in [7, 11) is 0. The highest BCUT2D eigenvalue weighted by Crippen LogP contribution is 2.34. The quantitative estimate of drug-likeness (QED) is 0.736. The Balaban J connectivity index is 1.26. The van der Waals surface area contributed by atoms with Crippen LogP contribution in [0, 0.1) is 6.92 Å². The zero-order valence-corrected chi connectivity index (χ0v) is 16.0. The minimum atomic E-state index is -0.174. The Kier molecular flexibility index (Phi) is 4.37. The lowest BCUT2D eigenvalue weighted by atomic mass is 9.93. The van der Waals surface area contributed by atoms with Crippen molar-refractivity contribution < 1.29 is 4.79 Å². The third kappa shape index (κ3) is 2.99. The standard InChI is InChI=1S/C22H25N5O/c1-15-23-18-9-5-6-10-21(18)27(15)14-17-13-19(25-24-17)22(28)26-12-11-20(26)16-7-3-2-4-8-16/h2-10,17,19-20,24-25H,11-14H2,1H3. The van der Waals surface area contributed by atoms with Crippen LogP contribution in [0.15, 0.2) is 54.6 Å². The summed E-state index contributed by atoms with van der Waals surface area (Å²) in [6.45, 7) is 3.67. The largest absolute Gasteiger partial charge is 0.334 e. The molecule has 0 aliphatic carbocycles. The van der Waals surface area contributed by atoms with E-state index in [1.807, 2.05) is 48.2 Å². The summed E-state index contributed by atoms with van der Waals surface area (Å²) in [5, 5.41) is 0. The number of hydrogen-bond donors (Lipinski definition) is 2. The molecule has 0 radical (unpaired) electrons. The third-order valence-electron chi connectivity index (χ3n) is 6.02. The van der Waals surface area contributed by atoms with Crippen molar-refractivity contribution in [3.8, 4) is 0 Å². The number of imidazole rings is 1. The average molecular weight is 375 g/mol. The predicted octanol–water partition coefficient (Wildman–Crippen LogP) is 2.55. The lowest BCUT2D eigenvalue weighted by molar-refractivity contribution is -0.141. The molecular formula is C22H25N5O. The van der Waals surface area contributed by atoms with E-state index in [0.29, 0.717) is 0 Å². The van der Waals surface area contributed by atoms with Crippen LogP contribution in [0.3, 0.4) is 0 Å². The molecule has 2 saturated heterocycles. The molecule has 3 aromatic rings. The maximum atomic E-state index is 13.0. The molecule has 2 aromatic carbocycles. The van der Waals surface area contributed by atoms with Gasteiger partial charge in [-0.2, -0.15) is 0 Å². The second-order valence-corrected chi connectivity index (χ2v) is 7.78. The van der Waals surface area contributed by atoms with Gasteiger partial charge in [0.05, 0.1) is 17.1 Å². The van der Waals surface area contributed by atoms with E-state index in [4.69, 9.17) is 0 Å². The molecule has 0 spiro atoms. The molecule has 6 heteroatoms. The molecule has 1 amide bonds. The fourth-order valence-corrected chi connectivity index (χ4v) is 4.42. The number of para-hydroxylation sites is 2. The number of carbonyl (C=O) groups excluding carboxylic acids is 1. The van der Waals surface area contributed by atoms with Crippen LogP contribution in [-0.4, -0.2) is 39.0 Å². The minimum Gasteiger partial charge on any atom is -0.334 e. The summed E-state index contributed by atoms with van der Waals surface area (Å²) >= 11 is 0. The van der Waals surface area contributed by atoms with Gasteiger partial charge in [0.15, 0.2) is 0 Å². The van der Waals surface area contributed by atoms with Crippen molar-refractivity contribution in [2.24, 2.45) is 0 Å². The van der Waals surface area contributed by atoms with E-state index < -0.39 is 0 Å². The Hall–Kier alpha value is -2.70. The first-order valence-electron chi connectivity index (χ1n) is 9.99. The summed E-state index contributed by atoms with van der Waals surface area (Å²) in [5.74, 6) is 1.20. The van der Waals surface area contributed by atoms with Gasteiger partial charge in [-0.3, -0.25) is 10.2 Å². The molecule has 28 heavy (non-hydrogen) atoms. The van der Waals surface area contributed by atoms with Gasteiger partial charge in [-0.25, -0.2) is 10.4 Å². The lowest BCUT2D eigenvalue weighted by Crippen LogP contribution is -2.52. The molecule has 144 valence electrons. The Bertz CT molecular complexity index is 999. The van der Waals surface area contributed by atoms with Crippen LogP contribution in [0.5, 0.6) is 0 Å².